The SMILES string of the molecule is CC(=O)C(=O)CC(=O)CC(=O)C(C)=O. The lowest BCUT2D eigenvalue weighted by molar-refractivity contribution is -0.140. The van der Waals surface area contributed by atoms with E-state index in [-0.39, 0.29) is 0 Å². The molecule has 0 radical (unpaired) electrons. The molecular formula is C9H10O5. The summed E-state index contributed by atoms with van der Waals surface area (Å²) in [6.45, 7) is 2.09. The molecule has 14 heavy (non-hydrogen) atoms. The molecule has 0 aliphatic carbocycles. The van der Waals surface area contributed by atoms with Crippen LogP contribution in [0.15, 0.2) is 0 Å². The maximum absolute atomic E-state index is 10.9. The molecule has 0 bridgehead atoms. The van der Waals surface area contributed by atoms with Crippen molar-refractivity contribution in [2.24, 2.45) is 0 Å². The van der Waals surface area contributed by atoms with Gasteiger partial charge in [-0.2, -0.15) is 0 Å². The molecule has 0 unspecified atom stereocenters. The molecule has 5 heteroatoms. The number of hydrogen-bond acceptors (Lipinski definition) is 5. The molecule has 5 nitrogen and oxygen atoms in total. The van der Waals surface area contributed by atoms with Crippen LogP contribution in [-0.4, -0.2) is 28.9 Å². The molecule has 0 atom stereocenters. The number of carbonyl (C=O) groups is 5. The molecule has 0 amide bonds. The zero-order valence-electron chi connectivity index (χ0n) is 7.96. The largest absolute Gasteiger partial charge is 0.299 e. The summed E-state index contributed by atoms with van der Waals surface area (Å²) in [7, 11) is 0. The highest BCUT2D eigenvalue weighted by molar-refractivity contribution is 6.43. The number of ketones is 5. The van der Waals surface area contributed by atoms with Gasteiger partial charge >= 0.3 is 0 Å². The van der Waals surface area contributed by atoms with Crippen molar-refractivity contribution in [3.05, 3.63) is 0 Å². The van der Waals surface area contributed by atoms with Gasteiger partial charge in [-0.05, 0) is 0 Å². The lowest BCUT2D eigenvalue weighted by Gasteiger charge is -1.95. The third-order valence-electron chi connectivity index (χ3n) is 1.50. The molecule has 0 saturated heterocycles. The lowest BCUT2D eigenvalue weighted by atomic mass is 10.1. The molecule has 0 N–H and O–H groups in total. The minimum absolute atomic E-state index is 0.603. The predicted octanol–water partition coefficient (Wildman–Crippen LogP) is -0.348. The molecule has 0 fully saturated rings. The van der Waals surface area contributed by atoms with Crippen LogP contribution < -0.4 is 0 Å². The van der Waals surface area contributed by atoms with Gasteiger partial charge in [-0.1, -0.05) is 0 Å². The van der Waals surface area contributed by atoms with Crippen molar-refractivity contribution in [1.82, 2.24) is 0 Å². The second-order valence-corrected chi connectivity index (χ2v) is 2.85. The van der Waals surface area contributed by atoms with Gasteiger partial charge in [0.15, 0.2) is 11.6 Å². The van der Waals surface area contributed by atoms with Crippen LogP contribution >= 0.6 is 0 Å². The normalized spacial score (nSPS) is 9.29. The van der Waals surface area contributed by atoms with Crippen LogP contribution in [-0.2, 0) is 24.0 Å². The molecule has 0 aliphatic heterocycles. The maximum atomic E-state index is 10.9. The Morgan fingerprint density at radius 3 is 1.21 bits per heavy atom. The van der Waals surface area contributed by atoms with Crippen molar-refractivity contribution in [2.45, 2.75) is 26.7 Å². The summed E-state index contributed by atoms with van der Waals surface area (Å²) in [5, 5.41) is 0. The topological polar surface area (TPSA) is 85.3 Å². The third-order valence-corrected chi connectivity index (χ3v) is 1.50. The van der Waals surface area contributed by atoms with Crippen molar-refractivity contribution in [1.29, 1.82) is 0 Å². The first-order chi connectivity index (χ1) is 6.34. The minimum Gasteiger partial charge on any atom is -0.299 e. The predicted molar refractivity (Wildman–Crippen MR) is 45.6 cm³/mol. The Kier molecular flexibility index (Phi) is 4.55. The molecule has 0 aliphatic rings. The van der Waals surface area contributed by atoms with Crippen molar-refractivity contribution in [3.63, 3.8) is 0 Å². The third kappa shape index (κ3) is 4.39. The van der Waals surface area contributed by atoms with Gasteiger partial charge in [0.1, 0.15) is 5.78 Å². The van der Waals surface area contributed by atoms with E-state index >= 15 is 0 Å². The first-order valence-corrected chi connectivity index (χ1v) is 3.93. The molecule has 0 rings (SSSR count). The van der Waals surface area contributed by atoms with Crippen molar-refractivity contribution in [3.8, 4) is 0 Å². The fourth-order valence-electron chi connectivity index (χ4n) is 0.670. The molecule has 0 aromatic rings. The smallest absolute Gasteiger partial charge is 0.205 e. The molecule has 0 saturated carbocycles. The van der Waals surface area contributed by atoms with Crippen LogP contribution in [0.3, 0.4) is 0 Å². The number of rotatable bonds is 6. The monoisotopic (exact) mass is 198 g/mol. The summed E-state index contributed by atoms with van der Waals surface area (Å²) in [6.07, 6.45) is -1.21. The zero-order chi connectivity index (χ0) is 11.3. The average Bonchev–Trinajstić information content (AvgIpc) is 2.03. The Balaban J connectivity index is 4.12. The Bertz CT molecular complexity index is 283. The second kappa shape index (κ2) is 5.16. The van der Waals surface area contributed by atoms with Crippen molar-refractivity contribution in [2.75, 3.05) is 0 Å². The maximum Gasteiger partial charge on any atom is 0.205 e. The molecule has 0 aromatic heterocycles. The van der Waals surface area contributed by atoms with Crippen LogP contribution in [0.1, 0.15) is 26.7 Å². The Morgan fingerprint density at radius 1 is 0.714 bits per heavy atom. The highest BCUT2D eigenvalue weighted by atomic mass is 16.2. The van der Waals surface area contributed by atoms with Gasteiger partial charge in [0, 0.05) is 13.8 Å². The van der Waals surface area contributed by atoms with Gasteiger partial charge in [-0.15, -0.1) is 0 Å². The first kappa shape index (κ1) is 12.3. The standard InChI is InChI=1S/C9H10O5/c1-5(10)8(13)3-7(12)4-9(14)6(2)11/h3-4H2,1-2H3. The van der Waals surface area contributed by atoms with E-state index in [1.807, 2.05) is 0 Å². The van der Waals surface area contributed by atoms with Crippen LogP contribution in [0.4, 0.5) is 0 Å². The molecule has 0 spiro atoms. The van der Waals surface area contributed by atoms with Gasteiger partial charge in [-0.3, -0.25) is 24.0 Å². The van der Waals surface area contributed by atoms with Crippen LogP contribution in [0.2, 0.25) is 0 Å². The van der Waals surface area contributed by atoms with Crippen LogP contribution in [0, 0.1) is 0 Å². The number of Topliss-reactive ketones (excluding diaryl/α,β-unsaturated/α-hetero) is 5. The van der Waals surface area contributed by atoms with E-state index in [2.05, 4.69) is 0 Å². The summed E-state index contributed by atoms with van der Waals surface area (Å²) in [5.74, 6) is -3.84. The second-order valence-electron chi connectivity index (χ2n) is 2.85. The van der Waals surface area contributed by atoms with E-state index in [1.165, 1.54) is 0 Å². The zero-order valence-corrected chi connectivity index (χ0v) is 7.96. The summed E-state index contributed by atoms with van der Waals surface area (Å²) < 4.78 is 0. The molecule has 0 heterocycles. The number of hydrogen-bond donors (Lipinski definition) is 0. The molecular weight excluding hydrogens is 188 g/mol. The van der Waals surface area contributed by atoms with Crippen molar-refractivity contribution < 1.29 is 24.0 Å². The summed E-state index contributed by atoms with van der Waals surface area (Å²) >= 11 is 0. The first-order valence-electron chi connectivity index (χ1n) is 3.93. The minimum atomic E-state index is -0.841. The van der Waals surface area contributed by atoms with Crippen molar-refractivity contribution >= 4 is 28.9 Å². The van der Waals surface area contributed by atoms with Gasteiger partial charge < -0.3 is 0 Å². The van der Waals surface area contributed by atoms with Gasteiger partial charge in [-0.25, -0.2) is 0 Å². The van der Waals surface area contributed by atoms with Gasteiger partial charge in [0.05, 0.1) is 12.8 Å². The van der Waals surface area contributed by atoms with E-state index in [4.69, 9.17) is 0 Å². The molecule has 0 aromatic carbocycles. The molecule has 76 valence electrons. The van der Waals surface area contributed by atoms with Gasteiger partial charge in [0.25, 0.3) is 0 Å². The van der Waals surface area contributed by atoms with Crippen LogP contribution in [0.5, 0.6) is 0 Å². The summed E-state index contributed by atoms with van der Waals surface area (Å²) in [5.41, 5.74) is 0. The number of carbonyl (C=O) groups excluding carboxylic acids is 5. The van der Waals surface area contributed by atoms with E-state index in [0.717, 1.165) is 13.8 Å². The summed E-state index contributed by atoms with van der Waals surface area (Å²) in [4.78, 5) is 53.3. The van der Waals surface area contributed by atoms with E-state index in [0.29, 0.717) is 0 Å². The lowest BCUT2D eigenvalue weighted by Crippen LogP contribution is -2.20. The summed E-state index contributed by atoms with van der Waals surface area (Å²) in [6, 6.07) is 0. The van der Waals surface area contributed by atoms with Gasteiger partial charge in [0.2, 0.25) is 11.6 Å². The fraction of sp³-hybridized carbons (Fsp3) is 0.444. The van der Waals surface area contributed by atoms with E-state index in [1.54, 1.807) is 0 Å². The highest BCUT2D eigenvalue weighted by Crippen LogP contribution is 1.95. The Labute approximate surface area is 80.5 Å². The highest BCUT2D eigenvalue weighted by Gasteiger charge is 2.18. The van der Waals surface area contributed by atoms with E-state index < -0.39 is 41.8 Å². The average molecular weight is 198 g/mol. The Hall–Kier alpha value is -1.65. The van der Waals surface area contributed by atoms with Crippen LogP contribution in [0.25, 0.3) is 0 Å². The fourth-order valence-corrected chi connectivity index (χ4v) is 0.670. The van der Waals surface area contributed by atoms with E-state index in [9.17, 15) is 24.0 Å². The quantitative estimate of drug-likeness (QED) is 0.430. The Morgan fingerprint density at radius 2 is 1.00 bits per heavy atom.